The smallest absolute Gasteiger partial charge is 0.251 e. The fourth-order valence-corrected chi connectivity index (χ4v) is 4.06. The summed E-state index contributed by atoms with van der Waals surface area (Å²) in [4.78, 5) is 39.5. The zero-order valence-electron chi connectivity index (χ0n) is 20.0. The third kappa shape index (κ3) is 6.34. The number of ether oxygens (including phenoxy) is 1. The van der Waals surface area contributed by atoms with Crippen LogP contribution >= 0.6 is 0 Å². The van der Waals surface area contributed by atoms with Gasteiger partial charge in [0.05, 0.1) is 13.0 Å². The molecule has 0 spiro atoms. The maximum atomic E-state index is 13.4. The molecular formula is C26H33N3O4. The Morgan fingerprint density at radius 1 is 1.12 bits per heavy atom. The first-order valence-corrected chi connectivity index (χ1v) is 11.1. The largest absolute Gasteiger partial charge is 0.497 e. The summed E-state index contributed by atoms with van der Waals surface area (Å²) in [5, 5.41) is 5.63. The van der Waals surface area contributed by atoms with Crippen molar-refractivity contribution in [2.45, 2.75) is 39.7 Å². The highest BCUT2D eigenvalue weighted by atomic mass is 16.5. The minimum atomic E-state index is -0.853. The molecule has 3 rings (SSSR count). The molecule has 0 bridgehead atoms. The van der Waals surface area contributed by atoms with E-state index in [0.29, 0.717) is 17.0 Å². The van der Waals surface area contributed by atoms with Gasteiger partial charge in [-0.2, -0.15) is 0 Å². The SMILES string of the molecule is COc1ccc(C(C(=O)Nc2ccc(CC(C)(C)C)cc2)N(C)C(=O)C2CNC(=O)C2)cc1. The van der Waals surface area contributed by atoms with Gasteiger partial charge in [-0.1, -0.05) is 45.0 Å². The number of carbonyl (C=O) groups excluding carboxylic acids is 3. The summed E-state index contributed by atoms with van der Waals surface area (Å²) in [5.41, 5.74) is 2.68. The van der Waals surface area contributed by atoms with Crippen molar-refractivity contribution in [3.63, 3.8) is 0 Å². The quantitative estimate of drug-likeness (QED) is 0.674. The molecule has 2 unspecified atom stereocenters. The van der Waals surface area contributed by atoms with Crippen LogP contribution in [0.5, 0.6) is 5.75 Å². The van der Waals surface area contributed by atoms with Gasteiger partial charge in [0.1, 0.15) is 11.8 Å². The number of carbonyl (C=O) groups is 3. The number of amides is 3. The molecule has 3 amide bonds. The van der Waals surface area contributed by atoms with Gasteiger partial charge in [-0.15, -0.1) is 0 Å². The average Bonchev–Trinajstić information content (AvgIpc) is 3.20. The van der Waals surface area contributed by atoms with Gasteiger partial charge in [-0.05, 0) is 47.2 Å². The lowest BCUT2D eigenvalue weighted by atomic mass is 9.88. The van der Waals surface area contributed by atoms with Crippen molar-refractivity contribution < 1.29 is 19.1 Å². The second kappa shape index (κ2) is 10.1. The Bertz CT molecular complexity index is 994. The molecule has 2 aromatic rings. The summed E-state index contributed by atoms with van der Waals surface area (Å²) in [7, 11) is 3.17. The number of methoxy groups -OCH3 is 1. The molecule has 0 aliphatic carbocycles. The summed E-state index contributed by atoms with van der Waals surface area (Å²) in [6, 6.07) is 14.0. The van der Waals surface area contributed by atoms with Crippen molar-refractivity contribution >= 4 is 23.4 Å². The fourth-order valence-electron chi connectivity index (χ4n) is 4.06. The molecule has 33 heavy (non-hydrogen) atoms. The van der Waals surface area contributed by atoms with Crippen LogP contribution in [0, 0.1) is 11.3 Å². The Kier molecular flexibility index (Phi) is 7.41. The van der Waals surface area contributed by atoms with E-state index in [-0.39, 0.29) is 36.1 Å². The molecule has 0 aromatic heterocycles. The first-order chi connectivity index (χ1) is 15.6. The van der Waals surface area contributed by atoms with E-state index in [9.17, 15) is 14.4 Å². The number of anilines is 1. The van der Waals surface area contributed by atoms with Crippen molar-refractivity contribution in [1.29, 1.82) is 0 Å². The Labute approximate surface area is 195 Å². The minimum Gasteiger partial charge on any atom is -0.497 e. The van der Waals surface area contributed by atoms with Crippen molar-refractivity contribution in [2.24, 2.45) is 11.3 Å². The molecule has 1 saturated heterocycles. The lowest BCUT2D eigenvalue weighted by Crippen LogP contribution is -2.42. The number of benzene rings is 2. The van der Waals surface area contributed by atoms with E-state index in [1.807, 2.05) is 24.3 Å². The highest BCUT2D eigenvalue weighted by molar-refractivity contribution is 5.99. The monoisotopic (exact) mass is 451 g/mol. The molecular weight excluding hydrogens is 418 g/mol. The Morgan fingerprint density at radius 3 is 2.27 bits per heavy atom. The van der Waals surface area contributed by atoms with E-state index in [0.717, 1.165) is 6.42 Å². The molecule has 0 radical (unpaired) electrons. The predicted octanol–water partition coefficient (Wildman–Crippen LogP) is 3.56. The lowest BCUT2D eigenvalue weighted by molar-refractivity contribution is -0.140. The Morgan fingerprint density at radius 2 is 1.76 bits per heavy atom. The molecule has 7 heteroatoms. The molecule has 176 valence electrons. The highest BCUT2D eigenvalue weighted by Crippen LogP contribution is 2.27. The van der Waals surface area contributed by atoms with Gasteiger partial charge in [0.2, 0.25) is 11.8 Å². The summed E-state index contributed by atoms with van der Waals surface area (Å²) < 4.78 is 5.22. The average molecular weight is 452 g/mol. The number of nitrogens with one attached hydrogen (secondary N) is 2. The van der Waals surface area contributed by atoms with Gasteiger partial charge in [-0.3, -0.25) is 14.4 Å². The van der Waals surface area contributed by atoms with Crippen LogP contribution in [0.25, 0.3) is 0 Å². The first-order valence-electron chi connectivity index (χ1n) is 11.1. The molecule has 1 heterocycles. The van der Waals surface area contributed by atoms with Gasteiger partial charge in [0.15, 0.2) is 0 Å². The normalized spacial score (nSPS) is 16.6. The van der Waals surface area contributed by atoms with Gasteiger partial charge in [0.25, 0.3) is 5.91 Å². The van der Waals surface area contributed by atoms with Gasteiger partial charge in [-0.25, -0.2) is 0 Å². The highest BCUT2D eigenvalue weighted by Gasteiger charge is 2.36. The molecule has 2 N–H and O–H groups in total. The zero-order valence-corrected chi connectivity index (χ0v) is 20.0. The topological polar surface area (TPSA) is 87.7 Å². The van der Waals surface area contributed by atoms with E-state index >= 15 is 0 Å². The van der Waals surface area contributed by atoms with E-state index in [4.69, 9.17) is 4.74 Å². The number of hydrogen-bond acceptors (Lipinski definition) is 4. The fraction of sp³-hybridized carbons (Fsp3) is 0.423. The number of nitrogens with zero attached hydrogens (tertiary/aromatic N) is 1. The van der Waals surface area contributed by atoms with Crippen molar-refractivity contribution in [2.75, 3.05) is 26.0 Å². The minimum absolute atomic E-state index is 0.134. The van der Waals surface area contributed by atoms with Crippen molar-refractivity contribution in [3.05, 3.63) is 59.7 Å². The Hall–Kier alpha value is -3.35. The van der Waals surface area contributed by atoms with Crippen LogP contribution in [0.4, 0.5) is 5.69 Å². The van der Waals surface area contributed by atoms with Crippen LogP contribution in [0.2, 0.25) is 0 Å². The predicted molar refractivity (Wildman–Crippen MR) is 128 cm³/mol. The second-order valence-electron chi connectivity index (χ2n) is 9.75. The first kappa shape index (κ1) is 24.3. The van der Waals surface area contributed by atoms with E-state index in [2.05, 4.69) is 31.4 Å². The molecule has 1 aliphatic heterocycles. The summed E-state index contributed by atoms with van der Waals surface area (Å²) >= 11 is 0. The maximum absolute atomic E-state index is 13.4. The van der Waals surface area contributed by atoms with Crippen LogP contribution < -0.4 is 15.4 Å². The van der Waals surface area contributed by atoms with Gasteiger partial charge < -0.3 is 20.3 Å². The second-order valence-corrected chi connectivity index (χ2v) is 9.75. The molecule has 2 aromatic carbocycles. The molecule has 2 atom stereocenters. The molecule has 0 saturated carbocycles. The summed E-state index contributed by atoms with van der Waals surface area (Å²) in [5.74, 6) is -0.538. The van der Waals surface area contributed by atoms with Crippen LogP contribution in [-0.4, -0.2) is 43.3 Å². The third-order valence-electron chi connectivity index (χ3n) is 5.70. The van der Waals surface area contributed by atoms with E-state index < -0.39 is 12.0 Å². The Balaban J connectivity index is 1.82. The standard InChI is InChI=1S/C26H33N3O4/c1-26(2,3)15-17-6-10-20(11-7-17)28-24(31)23(18-8-12-21(33-5)13-9-18)29(4)25(32)19-14-22(30)27-16-19/h6-13,19,23H,14-16H2,1-5H3,(H,27,30)(H,28,31). The van der Waals surface area contributed by atoms with Crippen LogP contribution in [0.1, 0.15) is 44.4 Å². The van der Waals surface area contributed by atoms with Crippen molar-refractivity contribution in [1.82, 2.24) is 10.2 Å². The number of likely N-dealkylation sites (N-methyl/N-ethyl adjacent to an activating group) is 1. The van der Waals surface area contributed by atoms with Crippen molar-refractivity contribution in [3.8, 4) is 5.75 Å². The molecule has 1 aliphatic rings. The van der Waals surface area contributed by atoms with Gasteiger partial charge >= 0.3 is 0 Å². The van der Waals surface area contributed by atoms with Crippen LogP contribution in [0.15, 0.2) is 48.5 Å². The number of rotatable bonds is 7. The molecule has 1 fully saturated rings. The zero-order chi connectivity index (χ0) is 24.2. The van der Waals surface area contributed by atoms with Gasteiger partial charge in [0, 0.05) is 25.7 Å². The maximum Gasteiger partial charge on any atom is 0.251 e. The number of hydrogen-bond donors (Lipinski definition) is 2. The lowest BCUT2D eigenvalue weighted by Gasteiger charge is -2.29. The van der Waals surface area contributed by atoms with Crippen LogP contribution in [-0.2, 0) is 20.8 Å². The van der Waals surface area contributed by atoms with E-state index in [1.165, 1.54) is 10.5 Å². The van der Waals surface area contributed by atoms with E-state index in [1.54, 1.807) is 38.4 Å². The summed E-state index contributed by atoms with van der Waals surface area (Å²) in [6.45, 7) is 6.83. The van der Waals surface area contributed by atoms with Crippen LogP contribution in [0.3, 0.4) is 0 Å². The molecule has 7 nitrogen and oxygen atoms in total. The summed E-state index contributed by atoms with van der Waals surface area (Å²) in [6.07, 6.45) is 1.07. The third-order valence-corrected chi connectivity index (χ3v) is 5.70.